The number of nitrogens with one attached hydrogen (secondary N) is 1. The predicted octanol–water partition coefficient (Wildman–Crippen LogP) is 3.70. The van der Waals surface area contributed by atoms with Crippen LogP contribution in [-0.2, 0) is 17.8 Å². The van der Waals surface area contributed by atoms with Crippen molar-refractivity contribution in [2.75, 3.05) is 6.54 Å². The van der Waals surface area contributed by atoms with Crippen molar-refractivity contribution >= 4 is 39.5 Å². The molecule has 4 aromatic rings. The minimum absolute atomic E-state index is 0.0412. The molecule has 0 unspecified atom stereocenters. The number of carbonyl (C=O) groups excluding carboxylic acids is 1. The summed E-state index contributed by atoms with van der Waals surface area (Å²) in [4.78, 5) is 38.5. The number of carbonyl (C=O) groups is 1. The number of hydrogen-bond acceptors (Lipinski definition) is 6. The summed E-state index contributed by atoms with van der Waals surface area (Å²) in [5.74, 6) is 0.441. The van der Waals surface area contributed by atoms with Crippen LogP contribution in [0, 0.1) is 0 Å². The Kier molecular flexibility index (Phi) is 5.31. The fourth-order valence-electron chi connectivity index (χ4n) is 2.94. The molecule has 4 rings (SSSR count). The summed E-state index contributed by atoms with van der Waals surface area (Å²) in [5.41, 5.74) is 2.28. The highest BCUT2D eigenvalue weighted by atomic mass is 32.1. The van der Waals surface area contributed by atoms with Crippen LogP contribution in [0.25, 0.3) is 21.5 Å². The fraction of sp³-hybridized carbons (Fsp3) is 0.200. The molecule has 3 heterocycles. The van der Waals surface area contributed by atoms with Crippen molar-refractivity contribution < 1.29 is 4.79 Å². The van der Waals surface area contributed by atoms with Crippen LogP contribution in [0.4, 0.5) is 0 Å². The lowest BCUT2D eigenvalue weighted by molar-refractivity contribution is -0.131. The molecule has 0 aliphatic rings. The molecule has 0 spiro atoms. The number of thiophene rings is 1. The van der Waals surface area contributed by atoms with E-state index in [0.29, 0.717) is 23.3 Å². The summed E-state index contributed by atoms with van der Waals surface area (Å²) >= 11 is 3.17. The predicted molar refractivity (Wildman–Crippen MR) is 113 cm³/mol. The van der Waals surface area contributed by atoms with Gasteiger partial charge in [-0.25, -0.2) is 9.97 Å². The van der Waals surface area contributed by atoms with E-state index in [2.05, 4.69) is 15.0 Å². The van der Waals surface area contributed by atoms with Gasteiger partial charge in [0.05, 0.1) is 29.6 Å². The van der Waals surface area contributed by atoms with E-state index in [0.717, 1.165) is 16.3 Å². The number of amides is 1. The first-order valence-corrected chi connectivity index (χ1v) is 10.7. The number of nitrogens with zero attached hydrogens (tertiary/aromatic N) is 3. The second kappa shape index (κ2) is 8.04. The highest BCUT2D eigenvalue weighted by Crippen LogP contribution is 2.26. The average Bonchev–Trinajstić information content (AvgIpc) is 3.38. The maximum absolute atomic E-state index is 12.8. The molecule has 0 fully saturated rings. The zero-order valence-corrected chi connectivity index (χ0v) is 16.8. The van der Waals surface area contributed by atoms with Gasteiger partial charge in [0.1, 0.15) is 10.8 Å². The number of fused-ring (bicyclic) bond motifs is 1. The van der Waals surface area contributed by atoms with Crippen LogP contribution in [0.2, 0.25) is 0 Å². The van der Waals surface area contributed by atoms with E-state index in [-0.39, 0.29) is 24.4 Å². The molecule has 3 aromatic heterocycles. The van der Waals surface area contributed by atoms with E-state index < -0.39 is 0 Å². The molecule has 0 atom stereocenters. The minimum atomic E-state index is -0.191. The molecule has 0 saturated heterocycles. The van der Waals surface area contributed by atoms with Gasteiger partial charge in [0, 0.05) is 22.9 Å². The van der Waals surface area contributed by atoms with Gasteiger partial charge in [-0.3, -0.25) is 9.59 Å². The largest absolute Gasteiger partial charge is 0.335 e. The Morgan fingerprint density at radius 3 is 2.82 bits per heavy atom. The summed E-state index contributed by atoms with van der Waals surface area (Å²) in [6.45, 7) is 2.70. The quantitative estimate of drug-likeness (QED) is 0.526. The van der Waals surface area contributed by atoms with Gasteiger partial charge >= 0.3 is 0 Å². The van der Waals surface area contributed by atoms with Gasteiger partial charge in [0.2, 0.25) is 5.91 Å². The van der Waals surface area contributed by atoms with Crippen molar-refractivity contribution in [3.63, 3.8) is 0 Å². The molecule has 1 amide bonds. The summed E-state index contributed by atoms with van der Waals surface area (Å²) in [6, 6.07) is 9.21. The number of aromatic nitrogens is 3. The third-order valence-electron chi connectivity index (χ3n) is 4.39. The summed E-state index contributed by atoms with van der Waals surface area (Å²) in [6.07, 6.45) is 0.228. The fourth-order valence-corrected chi connectivity index (χ4v) is 4.47. The molecule has 142 valence electrons. The van der Waals surface area contributed by atoms with E-state index in [9.17, 15) is 9.59 Å². The Hall–Kier alpha value is -2.84. The molecular weight excluding hydrogens is 392 g/mol. The molecule has 28 heavy (non-hydrogen) atoms. The Balaban J connectivity index is 1.49. The molecule has 0 aliphatic heterocycles. The molecule has 6 nitrogen and oxygen atoms in total. The Morgan fingerprint density at radius 1 is 1.18 bits per heavy atom. The van der Waals surface area contributed by atoms with Gasteiger partial charge in [-0.05, 0) is 30.5 Å². The number of thiazole rings is 1. The molecule has 0 bridgehead atoms. The van der Waals surface area contributed by atoms with Crippen LogP contribution in [0.15, 0.2) is 51.3 Å². The number of aromatic amines is 1. The maximum Gasteiger partial charge on any atom is 0.258 e. The van der Waals surface area contributed by atoms with Crippen LogP contribution in [0.1, 0.15) is 18.4 Å². The number of para-hydroxylation sites is 1. The topological polar surface area (TPSA) is 79.0 Å². The second-order valence-electron chi connectivity index (χ2n) is 6.27. The molecule has 0 aliphatic carbocycles. The SMILES string of the molecule is CCN(Cc1nc2ccccc2c(=O)[nH]1)C(=O)Cc1csc(-c2ccsc2)n1. The van der Waals surface area contributed by atoms with E-state index >= 15 is 0 Å². The van der Waals surface area contributed by atoms with Gasteiger partial charge < -0.3 is 9.88 Å². The first kappa shape index (κ1) is 18.5. The summed E-state index contributed by atoms with van der Waals surface area (Å²) < 4.78 is 0. The summed E-state index contributed by atoms with van der Waals surface area (Å²) in [5, 5.41) is 7.45. The number of likely N-dealkylation sites (N-methyl/N-ethyl adjacent to an activating group) is 1. The smallest absolute Gasteiger partial charge is 0.258 e. The van der Waals surface area contributed by atoms with E-state index in [1.54, 1.807) is 45.8 Å². The van der Waals surface area contributed by atoms with E-state index in [4.69, 9.17) is 0 Å². The minimum Gasteiger partial charge on any atom is -0.335 e. The van der Waals surface area contributed by atoms with Gasteiger partial charge in [-0.15, -0.1) is 11.3 Å². The van der Waals surface area contributed by atoms with Crippen LogP contribution in [-0.4, -0.2) is 32.3 Å². The van der Waals surface area contributed by atoms with Crippen LogP contribution < -0.4 is 5.56 Å². The Bertz CT molecular complexity index is 1160. The molecule has 0 saturated carbocycles. The maximum atomic E-state index is 12.8. The number of rotatable bonds is 6. The Labute approximate surface area is 169 Å². The third-order valence-corrected chi connectivity index (χ3v) is 6.01. The lowest BCUT2D eigenvalue weighted by Gasteiger charge is -2.20. The number of hydrogen-bond donors (Lipinski definition) is 1. The molecule has 0 radical (unpaired) electrons. The number of H-pyrrole nitrogens is 1. The molecular formula is C20H18N4O2S2. The van der Waals surface area contributed by atoms with Crippen molar-refractivity contribution in [2.45, 2.75) is 19.9 Å². The standard InChI is InChI=1S/C20H18N4O2S2/c1-2-24(10-17-22-16-6-4-3-5-15(16)19(26)23-17)18(25)9-14-12-28-20(21-14)13-7-8-27-11-13/h3-8,11-12H,2,9-10H2,1H3,(H,22,23,26). The van der Waals surface area contributed by atoms with Gasteiger partial charge in [-0.1, -0.05) is 12.1 Å². The monoisotopic (exact) mass is 410 g/mol. The highest BCUT2D eigenvalue weighted by Gasteiger charge is 2.17. The van der Waals surface area contributed by atoms with E-state index in [1.165, 1.54) is 0 Å². The molecule has 8 heteroatoms. The number of benzene rings is 1. The molecule has 1 N–H and O–H groups in total. The van der Waals surface area contributed by atoms with Crippen LogP contribution in [0.3, 0.4) is 0 Å². The van der Waals surface area contributed by atoms with Gasteiger partial charge in [0.25, 0.3) is 5.56 Å². The van der Waals surface area contributed by atoms with Crippen molar-refractivity contribution in [1.29, 1.82) is 0 Å². The lowest BCUT2D eigenvalue weighted by atomic mass is 10.2. The first-order chi connectivity index (χ1) is 13.6. The zero-order valence-electron chi connectivity index (χ0n) is 15.2. The highest BCUT2D eigenvalue weighted by molar-refractivity contribution is 7.14. The molecule has 1 aromatic carbocycles. The van der Waals surface area contributed by atoms with Crippen molar-refractivity contribution in [2.24, 2.45) is 0 Å². The third kappa shape index (κ3) is 3.88. The van der Waals surface area contributed by atoms with Gasteiger partial charge in [0.15, 0.2) is 0 Å². The first-order valence-electron chi connectivity index (χ1n) is 8.86. The van der Waals surface area contributed by atoms with Gasteiger partial charge in [-0.2, -0.15) is 11.3 Å². The van der Waals surface area contributed by atoms with Crippen molar-refractivity contribution in [3.05, 3.63) is 68.3 Å². The van der Waals surface area contributed by atoms with Crippen LogP contribution in [0.5, 0.6) is 0 Å². The lowest BCUT2D eigenvalue weighted by Crippen LogP contribution is -2.33. The van der Waals surface area contributed by atoms with Crippen LogP contribution >= 0.6 is 22.7 Å². The second-order valence-corrected chi connectivity index (χ2v) is 7.91. The summed E-state index contributed by atoms with van der Waals surface area (Å²) in [7, 11) is 0. The van der Waals surface area contributed by atoms with E-state index in [1.807, 2.05) is 35.2 Å². The zero-order chi connectivity index (χ0) is 19.5. The van der Waals surface area contributed by atoms with Crippen molar-refractivity contribution in [1.82, 2.24) is 19.9 Å². The van der Waals surface area contributed by atoms with Crippen molar-refractivity contribution in [3.8, 4) is 10.6 Å². The average molecular weight is 411 g/mol. The normalized spacial score (nSPS) is 11.0. The Morgan fingerprint density at radius 2 is 2.04 bits per heavy atom.